The minimum Gasteiger partial charge on any atom is -0.392 e. The van der Waals surface area contributed by atoms with Crippen LogP contribution in [0.1, 0.15) is 55.4 Å². The number of nitrogens with one attached hydrogen (secondary N) is 3. The highest BCUT2D eigenvalue weighted by Crippen LogP contribution is 2.43. The SMILES string of the molecule is CCNC(=O)NCc1cccc(-c2cccc([C@H]3O[C@@H](CSc4ccc(NC(C)=O)cc4)[C@@H](C)[C@@H](c4ccc(CO)cc4)O3)c2)c1. The van der Waals surface area contributed by atoms with Gasteiger partial charge in [0.15, 0.2) is 6.29 Å². The van der Waals surface area contributed by atoms with E-state index < -0.39 is 6.29 Å². The van der Waals surface area contributed by atoms with E-state index >= 15 is 0 Å². The molecule has 0 unspecified atom stereocenters. The molecule has 5 rings (SSSR count). The molecule has 4 atom stereocenters. The van der Waals surface area contributed by atoms with Crippen LogP contribution in [0.3, 0.4) is 0 Å². The van der Waals surface area contributed by atoms with Crippen molar-refractivity contribution >= 4 is 29.4 Å². The molecule has 4 aromatic rings. The second-order valence-corrected chi connectivity index (χ2v) is 12.5. The largest absolute Gasteiger partial charge is 0.392 e. The van der Waals surface area contributed by atoms with Crippen LogP contribution in [0.5, 0.6) is 0 Å². The van der Waals surface area contributed by atoms with Gasteiger partial charge in [-0.3, -0.25) is 4.79 Å². The van der Waals surface area contributed by atoms with Crippen molar-refractivity contribution < 1.29 is 24.2 Å². The maximum Gasteiger partial charge on any atom is 0.315 e. The summed E-state index contributed by atoms with van der Waals surface area (Å²) in [6.45, 7) is 6.53. The second-order valence-electron chi connectivity index (χ2n) is 11.4. The number of carbonyl (C=O) groups is 2. The molecule has 0 aliphatic carbocycles. The number of aliphatic hydroxyl groups is 1. The van der Waals surface area contributed by atoms with Gasteiger partial charge in [-0.2, -0.15) is 0 Å². The Morgan fingerprint density at radius 1 is 0.826 bits per heavy atom. The first-order valence-corrected chi connectivity index (χ1v) is 16.5. The Morgan fingerprint density at radius 3 is 2.24 bits per heavy atom. The summed E-state index contributed by atoms with van der Waals surface area (Å²) in [5, 5.41) is 18.0. The van der Waals surface area contributed by atoms with Gasteiger partial charge in [-0.1, -0.05) is 67.6 Å². The Hall–Kier alpha value is -4.15. The van der Waals surface area contributed by atoms with Crippen molar-refractivity contribution in [2.75, 3.05) is 17.6 Å². The van der Waals surface area contributed by atoms with Crippen LogP contribution in [-0.4, -0.2) is 35.4 Å². The third-order valence-electron chi connectivity index (χ3n) is 7.92. The Morgan fingerprint density at radius 2 is 1.54 bits per heavy atom. The molecule has 46 heavy (non-hydrogen) atoms. The molecule has 0 spiro atoms. The van der Waals surface area contributed by atoms with Gasteiger partial charge in [0.25, 0.3) is 0 Å². The fourth-order valence-electron chi connectivity index (χ4n) is 5.46. The number of ether oxygens (including phenoxy) is 2. The zero-order chi connectivity index (χ0) is 32.5. The third kappa shape index (κ3) is 8.76. The standard InChI is InChI=1S/C37H41N3O5S/c1-4-38-37(43)39-21-27-7-5-8-29(19-27)30-9-6-10-31(20-30)36-44-34(23-46-33-17-15-32(16-18-33)40-25(3)42)24(2)35(45-36)28-13-11-26(22-41)12-14-28/h5-20,24,34-36,41H,4,21-23H2,1-3H3,(H,40,42)(H2,38,39,43)/t24-,34+,35+,36+/m1/s1. The normalized spacial score (nSPS) is 19.3. The molecular weight excluding hydrogens is 598 g/mol. The first-order valence-electron chi connectivity index (χ1n) is 15.5. The molecular formula is C37H41N3O5S. The van der Waals surface area contributed by atoms with Gasteiger partial charge in [-0.15, -0.1) is 11.8 Å². The average molecular weight is 640 g/mol. The Bertz CT molecular complexity index is 1610. The Kier molecular flexibility index (Phi) is 11.5. The smallest absolute Gasteiger partial charge is 0.315 e. The number of rotatable bonds is 11. The molecule has 0 saturated carbocycles. The van der Waals surface area contributed by atoms with Crippen molar-refractivity contribution in [3.05, 3.63) is 119 Å². The lowest BCUT2D eigenvalue weighted by molar-refractivity contribution is -0.268. The quantitative estimate of drug-likeness (QED) is 0.129. The molecule has 9 heteroatoms. The molecule has 4 N–H and O–H groups in total. The molecule has 1 fully saturated rings. The number of amides is 3. The van der Waals surface area contributed by atoms with E-state index in [1.54, 1.807) is 11.8 Å². The van der Waals surface area contributed by atoms with Gasteiger partial charge in [-0.25, -0.2) is 4.79 Å². The van der Waals surface area contributed by atoms with E-state index in [0.717, 1.165) is 44.0 Å². The van der Waals surface area contributed by atoms with Crippen LogP contribution in [0.25, 0.3) is 11.1 Å². The summed E-state index contributed by atoms with van der Waals surface area (Å²) >= 11 is 1.71. The van der Waals surface area contributed by atoms with Crippen LogP contribution in [0.4, 0.5) is 10.5 Å². The highest BCUT2D eigenvalue weighted by molar-refractivity contribution is 7.99. The zero-order valence-electron chi connectivity index (χ0n) is 26.4. The molecule has 1 saturated heterocycles. The van der Waals surface area contributed by atoms with E-state index in [2.05, 4.69) is 47.1 Å². The average Bonchev–Trinajstić information content (AvgIpc) is 3.08. The molecule has 0 bridgehead atoms. The molecule has 3 amide bonds. The number of hydrogen-bond donors (Lipinski definition) is 4. The fraction of sp³-hybridized carbons (Fsp3) is 0.297. The molecule has 240 valence electrons. The lowest BCUT2D eigenvalue weighted by Crippen LogP contribution is -2.38. The lowest BCUT2D eigenvalue weighted by atomic mass is 9.91. The molecule has 8 nitrogen and oxygen atoms in total. The van der Waals surface area contributed by atoms with Crippen LogP contribution in [0.15, 0.2) is 102 Å². The number of aliphatic hydroxyl groups excluding tert-OH is 1. The number of urea groups is 1. The van der Waals surface area contributed by atoms with Gasteiger partial charge in [0.2, 0.25) is 5.91 Å². The maximum atomic E-state index is 11.9. The van der Waals surface area contributed by atoms with Crippen LogP contribution in [-0.2, 0) is 27.4 Å². The van der Waals surface area contributed by atoms with E-state index in [1.165, 1.54) is 6.92 Å². The number of anilines is 1. The predicted molar refractivity (Wildman–Crippen MR) is 182 cm³/mol. The molecule has 0 radical (unpaired) electrons. The molecule has 1 heterocycles. The number of thioether (sulfide) groups is 1. The minimum absolute atomic E-state index is 0.0108. The van der Waals surface area contributed by atoms with Crippen molar-refractivity contribution in [1.82, 2.24) is 10.6 Å². The first-order chi connectivity index (χ1) is 22.3. The zero-order valence-corrected chi connectivity index (χ0v) is 27.2. The summed E-state index contributed by atoms with van der Waals surface area (Å²) in [6, 6.07) is 31.9. The first kappa shape index (κ1) is 33.2. The number of hydrogen-bond acceptors (Lipinski definition) is 6. The lowest BCUT2D eigenvalue weighted by Gasteiger charge is -2.41. The van der Waals surface area contributed by atoms with E-state index in [9.17, 15) is 14.7 Å². The van der Waals surface area contributed by atoms with Crippen LogP contribution >= 0.6 is 11.8 Å². The van der Waals surface area contributed by atoms with Gasteiger partial charge in [0, 0.05) is 47.8 Å². The van der Waals surface area contributed by atoms with Crippen molar-refractivity contribution in [1.29, 1.82) is 0 Å². The summed E-state index contributed by atoms with van der Waals surface area (Å²) in [5.41, 5.74) is 6.64. The topological polar surface area (TPSA) is 109 Å². The molecule has 1 aliphatic rings. The van der Waals surface area contributed by atoms with Gasteiger partial charge in [-0.05, 0) is 71.1 Å². The Balaban J connectivity index is 1.37. The number of carbonyl (C=O) groups excluding carboxylic acids is 2. The molecule has 0 aromatic heterocycles. The van der Waals surface area contributed by atoms with Gasteiger partial charge >= 0.3 is 6.03 Å². The minimum atomic E-state index is -0.589. The van der Waals surface area contributed by atoms with Crippen LogP contribution in [0.2, 0.25) is 0 Å². The van der Waals surface area contributed by atoms with Crippen molar-refractivity contribution in [2.24, 2.45) is 5.92 Å². The molecule has 4 aromatic carbocycles. The van der Waals surface area contributed by atoms with Crippen molar-refractivity contribution in [3.63, 3.8) is 0 Å². The summed E-state index contributed by atoms with van der Waals surface area (Å²) in [6.07, 6.45) is -0.922. The predicted octanol–water partition coefficient (Wildman–Crippen LogP) is 7.21. The van der Waals surface area contributed by atoms with Crippen LogP contribution in [0, 0.1) is 5.92 Å². The summed E-state index contributed by atoms with van der Waals surface area (Å²) < 4.78 is 13.4. The number of benzene rings is 4. The maximum absolute atomic E-state index is 11.9. The monoisotopic (exact) mass is 639 g/mol. The fourth-order valence-corrected chi connectivity index (χ4v) is 6.52. The van der Waals surface area contributed by atoms with Crippen molar-refractivity contribution in [2.45, 2.75) is 57.3 Å². The van der Waals surface area contributed by atoms with E-state index in [-0.39, 0.29) is 36.7 Å². The van der Waals surface area contributed by atoms with E-state index in [4.69, 9.17) is 9.47 Å². The Labute approximate surface area is 274 Å². The highest BCUT2D eigenvalue weighted by atomic mass is 32.2. The second kappa shape index (κ2) is 15.9. The summed E-state index contributed by atoms with van der Waals surface area (Å²) in [7, 11) is 0. The van der Waals surface area contributed by atoms with Gasteiger partial charge in [0.1, 0.15) is 0 Å². The third-order valence-corrected chi connectivity index (χ3v) is 9.02. The van der Waals surface area contributed by atoms with Gasteiger partial charge < -0.3 is 30.5 Å². The van der Waals surface area contributed by atoms with Crippen molar-refractivity contribution in [3.8, 4) is 11.1 Å². The summed E-state index contributed by atoms with van der Waals surface area (Å²) in [5.74, 6) is 0.672. The van der Waals surface area contributed by atoms with E-state index in [1.807, 2.05) is 79.7 Å². The van der Waals surface area contributed by atoms with Gasteiger partial charge in [0.05, 0.1) is 18.8 Å². The van der Waals surface area contributed by atoms with E-state index in [0.29, 0.717) is 18.8 Å². The highest BCUT2D eigenvalue weighted by Gasteiger charge is 2.38. The summed E-state index contributed by atoms with van der Waals surface area (Å²) in [4.78, 5) is 24.4. The molecule has 1 aliphatic heterocycles. The van der Waals surface area contributed by atoms with Crippen LogP contribution < -0.4 is 16.0 Å².